The van der Waals surface area contributed by atoms with Crippen LogP contribution in [0.1, 0.15) is 351 Å². The van der Waals surface area contributed by atoms with Crippen LogP contribution in [0.4, 0.5) is 0 Å². The van der Waals surface area contributed by atoms with Crippen LogP contribution < -0.4 is 0 Å². The van der Waals surface area contributed by atoms with Crippen LogP contribution in [0.3, 0.4) is 0 Å². The van der Waals surface area contributed by atoms with E-state index in [1.807, 2.05) is 0 Å². The molecule has 0 aliphatic heterocycles. The highest BCUT2D eigenvalue weighted by Gasteiger charge is 2.30. The zero-order chi connectivity index (χ0) is 66.8. The third-order valence-corrected chi connectivity index (χ3v) is 18.6. The molecule has 0 rings (SSSR count). The predicted molar refractivity (Wildman–Crippen MR) is 363 cm³/mol. The summed E-state index contributed by atoms with van der Waals surface area (Å²) in [6.07, 6.45) is 43.2. The van der Waals surface area contributed by atoms with Gasteiger partial charge in [0.25, 0.3) is 0 Å². The van der Waals surface area contributed by atoms with E-state index in [0.29, 0.717) is 31.6 Å². The van der Waals surface area contributed by atoms with Gasteiger partial charge < -0.3 is 33.8 Å². The first-order chi connectivity index (χ1) is 43.1. The van der Waals surface area contributed by atoms with Crippen molar-refractivity contribution in [2.24, 2.45) is 23.7 Å². The number of ether oxygens (including phenoxy) is 4. The maximum absolute atomic E-state index is 13.0. The number of carbonyl (C=O) groups excluding carboxylic acids is 4. The van der Waals surface area contributed by atoms with Gasteiger partial charge in [0.1, 0.15) is 19.3 Å². The number of esters is 4. The van der Waals surface area contributed by atoms with Crippen LogP contribution >= 0.6 is 15.6 Å². The molecule has 0 amide bonds. The summed E-state index contributed by atoms with van der Waals surface area (Å²) in [6.45, 7) is 14.1. The first-order valence-electron chi connectivity index (χ1n) is 36.7. The van der Waals surface area contributed by atoms with Crippen molar-refractivity contribution in [3.63, 3.8) is 0 Å². The molecule has 0 radical (unpaired) electrons. The Kier molecular flexibility index (Phi) is 59.4. The Morgan fingerprint density at radius 3 is 0.789 bits per heavy atom. The summed E-state index contributed by atoms with van der Waals surface area (Å²) in [5, 5.41) is 10.6. The largest absolute Gasteiger partial charge is 0.472 e. The fourth-order valence-electron chi connectivity index (χ4n) is 10.6. The lowest BCUT2D eigenvalue weighted by Gasteiger charge is -2.21. The molecule has 6 atom stereocenters. The number of rotatable bonds is 68. The molecule has 17 nitrogen and oxygen atoms in total. The Morgan fingerprint density at radius 2 is 0.533 bits per heavy atom. The van der Waals surface area contributed by atoms with Gasteiger partial charge in [-0.2, -0.15) is 0 Å². The molecule has 3 N–H and O–H groups in total. The van der Waals surface area contributed by atoms with Crippen molar-refractivity contribution in [1.82, 2.24) is 0 Å². The Hall–Kier alpha value is -1.94. The molecule has 0 aromatic rings. The third-order valence-electron chi connectivity index (χ3n) is 16.7. The van der Waals surface area contributed by atoms with Crippen molar-refractivity contribution in [3.05, 3.63) is 0 Å². The van der Waals surface area contributed by atoms with E-state index in [1.165, 1.54) is 141 Å². The molecule has 0 heterocycles. The number of hydrogen-bond donors (Lipinski definition) is 3. The summed E-state index contributed by atoms with van der Waals surface area (Å²) in [6, 6.07) is 0. The number of hydrogen-bond acceptors (Lipinski definition) is 15. The second-order valence-corrected chi connectivity index (χ2v) is 30.2. The van der Waals surface area contributed by atoms with Gasteiger partial charge in [-0.3, -0.25) is 37.3 Å². The van der Waals surface area contributed by atoms with E-state index < -0.39 is 97.5 Å². The number of unbranched alkanes of at least 4 members (excludes halogenated alkanes) is 33. The van der Waals surface area contributed by atoms with Crippen LogP contribution in [0.2, 0.25) is 0 Å². The normalized spacial score (nSPS) is 14.6. The molecule has 0 aromatic carbocycles. The third kappa shape index (κ3) is 63.5. The fraction of sp³-hybridized carbons (Fsp3) is 0.944. The minimum atomic E-state index is -4.95. The summed E-state index contributed by atoms with van der Waals surface area (Å²) in [5.41, 5.74) is 0. The maximum Gasteiger partial charge on any atom is 0.472 e. The minimum Gasteiger partial charge on any atom is -0.462 e. The van der Waals surface area contributed by atoms with Crippen molar-refractivity contribution in [2.75, 3.05) is 39.6 Å². The van der Waals surface area contributed by atoms with Gasteiger partial charge in [-0.25, -0.2) is 9.13 Å². The van der Waals surface area contributed by atoms with Crippen LogP contribution in [-0.2, 0) is 65.4 Å². The van der Waals surface area contributed by atoms with Crippen molar-refractivity contribution < 1.29 is 80.2 Å². The topological polar surface area (TPSA) is 237 Å². The fourth-order valence-corrected chi connectivity index (χ4v) is 12.2. The van der Waals surface area contributed by atoms with Crippen LogP contribution in [0, 0.1) is 23.7 Å². The molecule has 0 bridgehead atoms. The van der Waals surface area contributed by atoms with Gasteiger partial charge >= 0.3 is 39.5 Å². The highest BCUT2D eigenvalue weighted by Crippen LogP contribution is 2.45. The second kappa shape index (κ2) is 60.7. The van der Waals surface area contributed by atoms with E-state index in [9.17, 15) is 43.2 Å². The lowest BCUT2D eigenvalue weighted by Crippen LogP contribution is -2.30. The quantitative estimate of drug-likeness (QED) is 0.0222. The SMILES string of the molecule is CCC(C)CCCCCCCCC(=O)OC[C@H](COP(=O)(O)OC[C@H](O)COP(=O)(O)OC[C@@H](COC(=O)CCCCCCCCCC(C)C)OC(=O)CCCCCCCCCCCCCCCCC(C)C)OC(=O)CCCCCCCCCCCCC(C)C. The van der Waals surface area contributed by atoms with Gasteiger partial charge in [0, 0.05) is 25.7 Å². The average Bonchev–Trinajstić information content (AvgIpc) is 3.09. The first-order valence-corrected chi connectivity index (χ1v) is 39.7. The van der Waals surface area contributed by atoms with Crippen LogP contribution in [-0.4, -0.2) is 96.7 Å². The summed E-state index contributed by atoms with van der Waals surface area (Å²) in [4.78, 5) is 72.6. The first kappa shape index (κ1) is 88.1. The molecule has 3 unspecified atom stereocenters. The lowest BCUT2D eigenvalue weighted by atomic mass is 10.00. The molecule has 0 saturated carbocycles. The number of phosphoric ester groups is 2. The summed E-state index contributed by atoms with van der Waals surface area (Å²) < 4.78 is 68.3. The lowest BCUT2D eigenvalue weighted by molar-refractivity contribution is -0.161. The van der Waals surface area contributed by atoms with Gasteiger partial charge in [0.15, 0.2) is 12.2 Å². The van der Waals surface area contributed by atoms with Gasteiger partial charge in [0.2, 0.25) is 0 Å². The van der Waals surface area contributed by atoms with Crippen molar-refractivity contribution in [1.29, 1.82) is 0 Å². The van der Waals surface area contributed by atoms with Gasteiger partial charge in [-0.05, 0) is 49.4 Å². The molecule has 90 heavy (non-hydrogen) atoms. The molecule has 0 saturated heterocycles. The summed E-state index contributed by atoms with van der Waals surface area (Å²) in [7, 11) is -9.90. The number of aliphatic hydroxyl groups excluding tert-OH is 1. The Balaban J connectivity index is 5.24. The molecule has 0 fully saturated rings. The van der Waals surface area contributed by atoms with Gasteiger partial charge in [0.05, 0.1) is 26.4 Å². The van der Waals surface area contributed by atoms with E-state index in [2.05, 4.69) is 55.4 Å². The standard InChI is InChI=1S/C71H138O17P2/c1-9-64(8)50-42-34-29-30-36-44-52-69(74)82-58-67(88-71(76)54-46-38-27-21-17-16-19-24-32-40-48-62(4)5)60-86-90(79,80)84-56-65(72)55-83-89(77,78)85-59-66(57-81-68(73)51-43-35-28-22-25-33-41-49-63(6)7)87-70(75)53-45-37-26-20-15-13-11-10-12-14-18-23-31-39-47-61(2)3/h61-67,72H,9-60H2,1-8H3,(H,77,78)(H,79,80)/t64?,65-,66-,67-/m1/s1. The molecule has 534 valence electrons. The molecular weight excluding hydrogens is 1190 g/mol. The maximum atomic E-state index is 13.0. The van der Waals surface area contributed by atoms with Crippen molar-refractivity contribution in [3.8, 4) is 0 Å². The molecule has 0 aliphatic carbocycles. The van der Waals surface area contributed by atoms with Crippen molar-refractivity contribution in [2.45, 2.75) is 369 Å². The van der Waals surface area contributed by atoms with E-state index in [4.69, 9.17) is 37.0 Å². The van der Waals surface area contributed by atoms with Crippen molar-refractivity contribution >= 4 is 39.5 Å². The molecule has 19 heteroatoms. The molecule has 0 aromatic heterocycles. The molecule has 0 spiro atoms. The van der Waals surface area contributed by atoms with Gasteiger partial charge in [-0.1, -0.05) is 299 Å². The van der Waals surface area contributed by atoms with E-state index >= 15 is 0 Å². The monoisotopic (exact) mass is 1320 g/mol. The minimum absolute atomic E-state index is 0.104. The predicted octanol–water partition coefficient (Wildman–Crippen LogP) is 20.1. The average molecular weight is 1330 g/mol. The second-order valence-electron chi connectivity index (χ2n) is 27.3. The Bertz CT molecular complexity index is 1780. The highest BCUT2D eigenvalue weighted by atomic mass is 31.2. The molecule has 0 aliphatic rings. The number of aliphatic hydroxyl groups is 1. The number of carbonyl (C=O) groups is 4. The van der Waals surface area contributed by atoms with E-state index in [1.54, 1.807) is 0 Å². The summed E-state index contributed by atoms with van der Waals surface area (Å²) in [5.74, 6) is 0.853. The van der Waals surface area contributed by atoms with E-state index in [0.717, 1.165) is 120 Å². The van der Waals surface area contributed by atoms with Crippen LogP contribution in [0.15, 0.2) is 0 Å². The zero-order valence-electron chi connectivity index (χ0n) is 58.8. The van der Waals surface area contributed by atoms with Gasteiger partial charge in [-0.15, -0.1) is 0 Å². The van der Waals surface area contributed by atoms with Crippen LogP contribution in [0.5, 0.6) is 0 Å². The zero-order valence-corrected chi connectivity index (χ0v) is 60.6. The number of phosphoric acid groups is 2. The Morgan fingerprint density at radius 1 is 0.311 bits per heavy atom. The Labute approximate surface area is 549 Å². The molecular formula is C71H138O17P2. The summed E-state index contributed by atoms with van der Waals surface area (Å²) >= 11 is 0. The van der Waals surface area contributed by atoms with E-state index in [-0.39, 0.29) is 25.7 Å². The highest BCUT2D eigenvalue weighted by molar-refractivity contribution is 7.47. The van der Waals surface area contributed by atoms with Crippen LogP contribution in [0.25, 0.3) is 0 Å². The smallest absolute Gasteiger partial charge is 0.462 e.